The van der Waals surface area contributed by atoms with Crippen LogP contribution in [-0.2, 0) is 16.9 Å². The summed E-state index contributed by atoms with van der Waals surface area (Å²) in [6.07, 6.45) is -2.93. The largest absolute Gasteiger partial charge is 0.494 e. The molecule has 9 heteroatoms. The molecule has 7 nitrogen and oxygen atoms in total. The van der Waals surface area contributed by atoms with Gasteiger partial charge in [0, 0.05) is 38.9 Å². The molecule has 1 saturated heterocycles. The molecule has 1 fully saturated rings. The van der Waals surface area contributed by atoms with E-state index in [-0.39, 0.29) is 18.1 Å². The van der Waals surface area contributed by atoms with E-state index < -0.39 is 24.1 Å². The quantitative estimate of drug-likeness (QED) is 0.161. The third-order valence-corrected chi connectivity index (χ3v) is 8.73. The summed E-state index contributed by atoms with van der Waals surface area (Å²) in [5.74, 6) is -1.00. The Balaban J connectivity index is 1.27. The molecule has 0 saturated carbocycles. The van der Waals surface area contributed by atoms with Crippen molar-refractivity contribution in [3.63, 3.8) is 0 Å². The Morgan fingerprint density at radius 1 is 1.02 bits per heavy atom. The van der Waals surface area contributed by atoms with Crippen LogP contribution in [0.15, 0.2) is 102 Å². The van der Waals surface area contributed by atoms with Crippen LogP contribution in [0, 0.1) is 0 Å². The molecule has 1 heterocycles. The van der Waals surface area contributed by atoms with Gasteiger partial charge >= 0.3 is 0 Å². The van der Waals surface area contributed by atoms with Gasteiger partial charge in [0.25, 0.3) is 5.91 Å². The van der Waals surface area contributed by atoms with Crippen molar-refractivity contribution < 1.29 is 29.6 Å². The van der Waals surface area contributed by atoms with Crippen LogP contribution in [0.2, 0.25) is 5.02 Å². The minimum absolute atomic E-state index is 0.194. The molecule has 43 heavy (non-hydrogen) atoms. The predicted octanol–water partition coefficient (Wildman–Crippen LogP) is 6.03. The summed E-state index contributed by atoms with van der Waals surface area (Å²) in [6.45, 7) is 2.52. The van der Waals surface area contributed by atoms with Crippen molar-refractivity contribution in [2.24, 2.45) is 0 Å². The van der Waals surface area contributed by atoms with Crippen molar-refractivity contribution in [1.29, 1.82) is 0 Å². The minimum atomic E-state index is -1.83. The van der Waals surface area contributed by atoms with Gasteiger partial charge in [-0.15, -0.1) is 11.8 Å². The number of aliphatic hydroxyl groups excluding tert-OH is 2. The van der Waals surface area contributed by atoms with Gasteiger partial charge in [-0.3, -0.25) is 4.79 Å². The van der Waals surface area contributed by atoms with Crippen molar-refractivity contribution >= 4 is 35.0 Å². The van der Waals surface area contributed by atoms with Gasteiger partial charge in [-0.2, -0.15) is 0 Å². The number of thioether (sulfide) groups is 1. The molecule has 4 atom stereocenters. The van der Waals surface area contributed by atoms with Crippen LogP contribution >= 0.6 is 23.4 Å². The number of hydrogen-bond donors (Lipinski definition) is 4. The molecule has 0 radical (unpaired) electrons. The Morgan fingerprint density at radius 2 is 1.79 bits per heavy atom. The number of anilines is 1. The highest BCUT2D eigenvalue weighted by molar-refractivity contribution is 7.99. The van der Waals surface area contributed by atoms with E-state index in [0.29, 0.717) is 34.9 Å². The highest BCUT2D eigenvalue weighted by Gasteiger charge is 2.46. The number of carbonyl (C=O) groups excluding carboxylic acids is 1. The van der Waals surface area contributed by atoms with E-state index in [0.717, 1.165) is 21.8 Å². The maximum Gasteiger partial charge on any atom is 0.255 e. The highest BCUT2D eigenvalue weighted by Crippen LogP contribution is 2.39. The van der Waals surface area contributed by atoms with Crippen molar-refractivity contribution in [1.82, 2.24) is 0 Å². The van der Waals surface area contributed by atoms with E-state index in [4.69, 9.17) is 21.1 Å². The Hall–Kier alpha value is -3.37. The van der Waals surface area contributed by atoms with E-state index in [1.165, 1.54) is 11.8 Å². The van der Waals surface area contributed by atoms with E-state index in [1.54, 1.807) is 48.5 Å². The van der Waals surface area contributed by atoms with Gasteiger partial charge in [-0.05, 0) is 79.1 Å². The number of nitrogens with one attached hydrogen (secondary N) is 1. The van der Waals surface area contributed by atoms with Gasteiger partial charge in [-0.25, -0.2) is 0 Å². The van der Waals surface area contributed by atoms with Gasteiger partial charge < -0.3 is 30.1 Å². The maximum atomic E-state index is 12.6. The lowest BCUT2D eigenvalue weighted by Crippen LogP contribution is -2.54. The summed E-state index contributed by atoms with van der Waals surface area (Å²) >= 11 is 7.91. The minimum Gasteiger partial charge on any atom is -0.494 e. The summed E-state index contributed by atoms with van der Waals surface area (Å²) in [5, 5.41) is 36.6. The molecule has 4 N–H and O–H groups in total. The number of hydrogen-bond acceptors (Lipinski definition) is 7. The fraction of sp³-hybridized carbons (Fsp3) is 0.265. The molecule has 224 valence electrons. The second-order valence-corrected chi connectivity index (χ2v) is 11.9. The molecule has 4 aromatic carbocycles. The summed E-state index contributed by atoms with van der Waals surface area (Å²) in [5.41, 5.74) is 3.44. The summed E-state index contributed by atoms with van der Waals surface area (Å²) in [6, 6.07) is 29.2. The van der Waals surface area contributed by atoms with Crippen LogP contribution in [0.5, 0.6) is 5.75 Å². The van der Waals surface area contributed by atoms with Gasteiger partial charge in [-0.1, -0.05) is 54.1 Å². The van der Waals surface area contributed by atoms with Crippen LogP contribution < -0.4 is 10.1 Å². The van der Waals surface area contributed by atoms with Crippen LogP contribution in [0.4, 0.5) is 5.69 Å². The Bertz CT molecular complexity index is 1540. The SMILES string of the molecule is CCOc1ccc(Cc2cc([C@]3(O)C[C@@H](O)[C@@H](O)[C@@H](CSc4cccc(NC(=O)c5ccccc5)c4)O3)ccc2Cl)cc1. The standard InChI is InChI=1S/C34H34ClNO6S/c1-2-41-27-14-11-22(12-15-27)17-24-18-25(13-16-29(24)35)34(40)20-30(37)32(38)31(42-34)21-43-28-10-6-9-26(19-28)36-33(39)23-7-4-3-5-8-23/h3-16,18-19,30-32,37-38,40H,2,17,20-21H2,1H3,(H,36,39)/t30-,31-,32-,34+/m1/s1. The number of carbonyl (C=O) groups is 1. The van der Waals surface area contributed by atoms with Crippen molar-refractivity contribution in [2.45, 2.75) is 48.8 Å². The molecular weight excluding hydrogens is 586 g/mol. The van der Waals surface area contributed by atoms with E-state index in [9.17, 15) is 20.1 Å². The number of benzene rings is 4. The Morgan fingerprint density at radius 3 is 2.53 bits per heavy atom. The lowest BCUT2D eigenvalue weighted by Gasteiger charge is -2.42. The first kappa shape index (κ1) is 31.1. The van der Waals surface area contributed by atoms with Crippen molar-refractivity contribution in [3.05, 3.63) is 124 Å². The Labute approximate surface area is 260 Å². The second kappa shape index (κ2) is 13.9. The number of rotatable bonds is 10. The first-order valence-corrected chi connectivity index (χ1v) is 15.5. The zero-order chi connectivity index (χ0) is 30.4. The molecule has 0 unspecified atom stereocenters. The number of ether oxygens (including phenoxy) is 2. The van der Waals surface area contributed by atoms with Crippen LogP contribution in [-0.4, -0.2) is 51.9 Å². The molecule has 0 spiro atoms. The first-order valence-electron chi connectivity index (χ1n) is 14.1. The van der Waals surface area contributed by atoms with Crippen LogP contribution in [0.25, 0.3) is 0 Å². The van der Waals surface area contributed by atoms with E-state index in [2.05, 4.69) is 5.32 Å². The predicted molar refractivity (Wildman–Crippen MR) is 169 cm³/mol. The zero-order valence-corrected chi connectivity index (χ0v) is 25.2. The molecule has 0 aromatic heterocycles. The zero-order valence-electron chi connectivity index (χ0n) is 23.7. The van der Waals surface area contributed by atoms with Crippen molar-refractivity contribution in [2.75, 3.05) is 17.7 Å². The van der Waals surface area contributed by atoms with Gasteiger partial charge in [0.2, 0.25) is 0 Å². The van der Waals surface area contributed by atoms with Crippen LogP contribution in [0.3, 0.4) is 0 Å². The maximum absolute atomic E-state index is 12.6. The normalized spacial score (nSPS) is 21.7. The fourth-order valence-electron chi connectivity index (χ4n) is 5.02. The average molecular weight is 620 g/mol. The topological polar surface area (TPSA) is 108 Å². The number of amides is 1. The first-order chi connectivity index (χ1) is 20.7. The number of halogens is 1. The molecular formula is C34H34ClNO6S. The molecule has 0 bridgehead atoms. The van der Waals surface area contributed by atoms with Gasteiger partial charge in [0.1, 0.15) is 11.9 Å². The summed E-state index contributed by atoms with van der Waals surface area (Å²) < 4.78 is 11.6. The average Bonchev–Trinajstić information content (AvgIpc) is 3.01. The third kappa shape index (κ3) is 7.78. The second-order valence-electron chi connectivity index (χ2n) is 10.4. The van der Waals surface area contributed by atoms with E-state index in [1.807, 2.05) is 55.5 Å². The smallest absolute Gasteiger partial charge is 0.255 e. The Kier molecular flexibility index (Phi) is 10.1. The molecule has 5 rings (SSSR count). The lowest BCUT2D eigenvalue weighted by atomic mass is 9.90. The summed E-state index contributed by atoms with van der Waals surface area (Å²) in [7, 11) is 0. The van der Waals surface area contributed by atoms with Crippen LogP contribution in [0.1, 0.15) is 40.4 Å². The van der Waals surface area contributed by atoms with Gasteiger partial charge in [0.15, 0.2) is 5.79 Å². The molecule has 1 aliphatic rings. The monoisotopic (exact) mass is 619 g/mol. The molecule has 4 aromatic rings. The number of aliphatic hydroxyl groups is 3. The highest BCUT2D eigenvalue weighted by atomic mass is 35.5. The molecule has 1 aliphatic heterocycles. The lowest BCUT2D eigenvalue weighted by molar-refractivity contribution is -0.303. The fourth-order valence-corrected chi connectivity index (χ4v) is 6.21. The third-order valence-electron chi connectivity index (χ3n) is 7.28. The summed E-state index contributed by atoms with van der Waals surface area (Å²) in [4.78, 5) is 13.4. The molecule has 1 amide bonds. The van der Waals surface area contributed by atoms with Crippen molar-refractivity contribution in [3.8, 4) is 5.75 Å². The molecule has 0 aliphatic carbocycles. The van der Waals surface area contributed by atoms with E-state index >= 15 is 0 Å². The van der Waals surface area contributed by atoms with Gasteiger partial charge in [0.05, 0.1) is 18.8 Å².